The molecule has 0 saturated heterocycles. The van der Waals surface area contributed by atoms with Gasteiger partial charge >= 0.3 is 0 Å². The van der Waals surface area contributed by atoms with Gasteiger partial charge in [0.05, 0.1) is 29.7 Å². The van der Waals surface area contributed by atoms with Crippen LogP contribution in [-0.2, 0) is 6.16 Å². The Hall–Kier alpha value is -1.91. The molecule has 1 heterocycles. The summed E-state index contributed by atoms with van der Waals surface area (Å²) in [4.78, 5) is 0. The Kier molecular flexibility index (Phi) is 3.98. The average Bonchev–Trinajstić information content (AvgIpc) is 3.20. The van der Waals surface area contributed by atoms with E-state index in [1.165, 1.54) is 31.0 Å². The zero-order valence-electron chi connectivity index (χ0n) is 15.4. The lowest BCUT2D eigenvalue weighted by atomic mass is 9.90. The maximum atomic E-state index is 2.43. The molecule has 1 fully saturated rings. The molecule has 1 aliphatic heterocycles. The van der Waals surface area contributed by atoms with Crippen LogP contribution in [0.5, 0.6) is 0 Å². The third-order valence-electron chi connectivity index (χ3n) is 6.73. The normalized spacial score (nSPS) is 23.3. The Morgan fingerprint density at radius 3 is 2.04 bits per heavy atom. The van der Waals surface area contributed by atoms with Crippen LogP contribution in [0.2, 0.25) is 0 Å². The van der Waals surface area contributed by atoms with E-state index in [2.05, 4.69) is 85.8 Å². The fourth-order valence-electron chi connectivity index (χ4n) is 5.59. The van der Waals surface area contributed by atoms with E-state index in [1.54, 1.807) is 21.7 Å². The zero-order valence-corrected chi connectivity index (χ0v) is 16.3. The Bertz CT molecular complexity index is 874. The van der Waals surface area contributed by atoms with Crippen molar-refractivity contribution in [3.05, 3.63) is 95.6 Å². The highest BCUT2D eigenvalue weighted by atomic mass is 31.2. The van der Waals surface area contributed by atoms with Crippen LogP contribution in [0.15, 0.2) is 78.9 Å². The molecular formula is C25H26P+. The Morgan fingerprint density at radius 2 is 1.38 bits per heavy atom. The summed E-state index contributed by atoms with van der Waals surface area (Å²) in [5, 5.41) is 3.22. The number of aryl methyl sites for hydroxylation is 1. The molecule has 3 aromatic rings. The zero-order chi connectivity index (χ0) is 17.6. The molecule has 0 N–H and O–H groups in total. The lowest BCUT2D eigenvalue weighted by Crippen LogP contribution is -2.37. The van der Waals surface area contributed by atoms with E-state index < -0.39 is 7.26 Å². The van der Waals surface area contributed by atoms with Gasteiger partial charge in [-0.05, 0) is 67.1 Å². The second kappa shape index (κ2) is 6.36. The molecule has 1 aliphatic carbocycles. The summed E-state index contributed by atoms with van der Waals surface area (Å²) in [6, 6.07) is 30.0. The fraction of sp³-hybridized carbons (Fsp3) is 0.280. The van der Waals surface area contributed by atoms with Crippen molar-refractivity contribution < 1.29 is 0 Å². The standard InChI is InChI=1S/C25H26P/c1-19-10-8-15-22-23-16-9-17-25(23)26(18-24(19)22,20-11-4-2-5-12-20)21-13-6-3-7-14-21/h2-8,10-15,23,25H,9,16-18H2,1H3/q+1. The molecule has 26 heavy (non-hydrogen) atoms. The summed E-state index contributed by atoms with van der Waals surface area (Å²) in [5.41, 5.74) is 5.61. The second-order valence-electron chi connectivity index (χ2n) is 7.95. The van der Waals surface area contributed by atoms with Gasteiger partial charge in [0, 0.05) is 5.92 Å². The van der Waals surface area contributed by atoms with Gasteiger partial charge in [-0.25, -0.2) is 0 Å². The summed E-state index contributed by atoms with van der Waals surface area (Å²) in [7, 11) is -1.46. The number of benzene rings is 3. The lowest BCUT2D eigenvalue weighted by molar-refractivity contribution is 0.705. The van der Waals surface area contributed by atoms with Crippen LogP contribution in [0.3, 0.4) is 0 Å². The predicted molar refractivity (Wildman–Crippen MR) is 114 cm³/mol. The first kappa shape index (κ1) is 16.3. The quantitative estimate of drug-likeness (QED) is 0.508. The van der Waals surface area contributed by atoms with Crippen molar-refractivity contribution >= 4 is 17.9 Å². The molecule has 0 nitrogen and oxygen atoms in total. The van der Waals surface area contributed by atoms with Crippen molar-refractivity contribution in [2.45, 2.75) is 43.9 Å². The summed E-state index contributed by atoms with van der Waals surface area (Å²) in [5.74, 6) is 0.743. The number of rotatable bonds is 2. The molecule has 2 atom stereocenters. The first-order valence-electron chi connectivity index (χ1n) is 9.88. The van der Waals surface area contributed by atoms with Crippen LogP contribution in [-0.4, -0.2) is 5.66 Å². The molecule has 2 aliphatic rings. The second-order valence-corrected chi connectivity index (χ2v) is 11.7. The van der Waals surface area contributed by atoms with Crippen LogP contribution in [0.1, 0.15) is 41.9 Å². The van der Waals surface area contributed by atoms with Gasteiger partial charge in [0.2, 0.25) is 0 Å². The minimum atomic E-state index is -1.46. The van der Waals surface area contributed by atoms with E-state index in [4.69, 9.17) is 0 Å². The largest absolute Gasteiger partial charge is 0.0998 e. The number of hydrogen-bond acceptors (Lipinski definition) is 0. The van der Waals surface area contributed by atoms with Gasteiger partial charge in [-0.2, -0.15) is 0 Å². The van der Waals surface area contributed by atoms with Crippen molar-refractivity contribution in [3.8, 4) is 0 Å². The van der Waals surface area contributed by atoms with E-state index in [9.17, 15) is 0 Å². The summed E-state index contributed by atoms with van der Waals surface area (Å²) < 4.78 is 0. The van der Waals surface area contributed by atoms with Gasteiger partial charge < -0.3 is 0 Å². The Balaban J connectivity index is 1.81. The van der Waals surface area contributed by atoms with Gasteiger partial charge in [-0.1, -0.05) is 54.6 Å². The molecule has 0 aromatic heterocycles. The monoisotopic (exact) mass is 357 g/mol. The molecule has 0 amide bonds. The third-order valence-corrected chi connectivity index (χ3v) is 11.7. The smallest absolute Gasteiger partial charge is 0.0620 e. The molecule has 3 aromatic carbocycles. The third kappa shape index (κ3) is 2.32. The molecule has 0 spiro atoms. The number of hydrogen-bond donors (Lipinski definition) is 0. The van der Waals surface area contributed by atoms with Crippen LogP contribution in [0, 0.1) is 6.92 Å². The van der Waals surface area contributed by atoms with Gasteiger partial charge in [0.25, 0.3) is 0 Å². The maximum absolute atomic E-state index is 2.43. The molecule has 1 saturated carbocycles. The minimum Gasteiger partial charge on any atom is -0.0620 e. The van der Waals surface area contributed by atoms with Gasteiger partial charge in [-0.15, -0.1) is 0 Å². The molecular weight excluding hydrogens is 331 g/mol. The van der Waals surface area contributed by atoms with Crippen molar-refractivity contribution in [2.75, 3.05) is 0 Å². The molecule has 0 bridgehead atoms. The van der Waals surface area contributed by atoms with E-state index in [0.29, 0.717) is 0 Å². The summed E-state index contributed by atoms with van der Waals surface area (Å²) in [6.45, 7) is 2.32. The van der Waals surface area contributed by atoms with Crippen LogP contribution in [0.4, 0.5) is 0 Å². The lowest BCUT2D eigenvalue weighted by Gasteiger charge is -2.41. The average molecular weight is 357 g/mol. The highest BCUT2D eigenvalue weighted by molar-refractivity contribution is 7.89. The first-order valence-corrected chi connectivity index (χ1v) is 11.9. The fourth-order valence-corrected chi connectivity index (χ4v) is 11.1. The van der Waals surface area contributed by atoms with E-state index in [0.717, 1.165) is 11.6 Å². The van der Waals surface area contributed by atoms with Crippen LogP contribution < -0.4 is 10.6 Å². The van der Waals surface area contributed by atoms with Gasteiger partial charge in [0.15, 0.2) is 0 Å². The molecule has 5 rings (SSSR count). The molecule has 130 valence electrons. The van der Waals surface area contributed by atoms with Crippen molar-refractivity contribution in [1.82, 2.24) is 0 Å². The minimum absolute atomic E-state index is 0.743. The van der Waals surface area contributed by atoms with Gasteiger partial charge in [0.1, 0.15) is 0 Å². The van der Waals surface area contributed by atoms with Crippen molar-refractivity contribution in [3.63, 3.8) is 0 Å². The van der Waals surface area contributed by atoms with Crippen molar-refractivity contribution in [2.24, 2.45) is 0 Å². The van der Waals surface area contributed by atoms with Crippen LogP contribution >= 0.6 is 7.26 Å². The topological polar surface area (TPSA) is 0 Å². The maximum Gasteiger partial charge on any atom is 0.0998 e. The highest BCUT2D eigenvalue weighted by Crippen LogP contribution is 2.73. The SMILES string of the molecule is Cc1cccc2c1C[P+](c1ccccc1)(c1ccccc1)C1CCCC21. The Morgan fingerprint density at radius 1 is 0.731 bits per heavy atom. The number of fused-ring (bicyclic) bond motifs is 3. The highest BCUT2D eigenvalue weighted by Gasteiger charge is 2.58. The summed E-state index contributed by atoms with van der Waals surface area (Å²) >= 11 is 0. The first-order chi connectivity index (χ1) is 12.8. The van der Waals surface area contributed by atoms with Crippen molar-refractivity contribution in [1.29, 1.82) is 0 Å². The van der Waals surface area contributed by atoms with Crippen LogP contribution in [0.25, 0.3) is 0 Å². The van der Waals surface area contributed by atoms with E-state index in [1.807, 2.05) is 0 Å². The summed E-state index contributed by atoms with van der Waals surface area (Å²) in [6.07, 6.45) is 5.37. The van der Waals surface area contributed by atoms with E-state index >= 15 is 0 Å². The molecule has 0 radical (unpaired) electrons. The molecule has 1 heteroatoms. The molecule has 2 unspecified atom stereocenters. The van der Waals surface area contributed by atoms with Gasteiger partial charge in [-0.3, -0.25) is 0 Å². The van der Waals surface area contributed by atoms with E-state index in [-0.39, 0.29) is 0 Å². The predicted octanol–water partition coefficient (Wildman–Crippen LogP) is 5.81. The Labute approximate surface area is 157 Å².